The van der Waals surface area contributed by atoms with E-state index in [1.165, 1.54) is 53.2 Å². The first-order chi connectivity index (χ1) is 27.2. The first-order valence-corrected chi connectivity index (χ1v) is 19.5. The number of fused-ring (bicyclic) bond motifs is 7. The fourth-order valence-electron chi connectivity index (χ4n) is 8.14. The SMILES string of the molecule is c1cc(-c2ccc3ccccc3c2)cc(N(c2ccc(-c3ccc4oc5ccccc5c4c3)cc2)c2cccc(-c3cccc4c3sc3ccccc34)c2)c1. The Kier molecular flexibility index (Phi) is 7.39. The summed E-state index contributed by atoms with van der Waals surface area (Å²) in [6.45, 7) is 0. The summed E-state index contributed by atoms with van der Waals surface area (Å²) in [5.74, 6) is 0. The summed E-state index contributed by atoms with van der Waals surface area (Å²) in [4.78, 5) is 2.38. The van der Waals surface area contributed by atoms with Gasteiger partial charge in [0.25, 0.3) is 0 Å². The van der Waals surface area contributed by atoms with Crippen molar-refractivity contribution in [2.24, 2.45) is 0 Å². The number of para-hydroxylation sites is 1. The second kappa shape index (κ2) is 12.9. The van der Waals surface area contributed by atoms with Gasteiger partial charge < -0.3 is 9.32 Å². The molecule has 2 heterocycles. The number of thiophene rings is 1. The molecule has 0 N–H and O–H groups in total. The number of benzene rings is 9. The van der Waals surface area contributed by atoms with Crippen molar-refractivity contribution in [3.8, 4) is 33.4 Å². The fraction of sp³-hybridized carbons (Fsp3) is 0. The summed E-state index contributed by atoms with van der Waals surface area (Å²) >= 11 is 1.87. The van der Waals surface area contributed by atoms with Crippen LogP contribution < -0.4 is 4.90 Å². The molecule has 0 amide bonds. The van der Waals surface area contributed by atoms with Gasteiger partial charge in [-0.1, -0.05) is 133 Å². The summed E-state index contributed by atoms with van der Waals surface area (Å²) in [7, 11) is 0. The molecule has 0 aliphatic rings. The van der Waals surface area contributed by atoms with Crippen LogP contribution in [-0.4, -0.2) is 0 Å². The standard InChI is InChI=1S/C52H33NOS/c1-2-11-36-30-38(23-22-34(36)10-1)37-12-7-14-42(31-37)53(41-27-24-35(25-28-41)39-26-29-50-48(33-39)45-16-3-5-20-49(45)54-50)43-15-8-13-40(32-43)44-18-9-19-47-46-17-4-6-21-51(46)55-52(44)47/h1-33H. The van der Waals surface area contributed by atoms with Gasteiger partial charge in [0, 0.05) is 48.0 Å². The largest absolute Gasteiger partial charge is 0.456 e. The smallest absolute Gasteiger partial charge is 0.135 e. The zero-order valence-corrected chi connectivity index (χ0v) is 30.6. The molecule has 0 fully saturated rings. The van der Waals surface area contributed by atoms with Crippen LogP contribution in [0.15, 0.2) is 205 Å². The molecular formula is C52H33NOS. The third-order valence-corrected chi connectivity index (χ3v) is 12.1. The normalized spacial score (nSPS) is 11.6. The Morgan fingerprint density at radius 1 is 0.345 bits per heavy atom. The molecule has 0 saturated carbocycles. The van der Waals surface area contributed by atoms with Gasteiger partial charge in [-0.2, -0.15) is 0 Å². The maximum Gasteiger partial charge on any atom is 0.135 e. The summed E-state index contributed by atoms with van der Waals surface area (Å²) in [5, 5.41) is 7.38. The van der Waals surface area contributed by atoms with E-state index in [2.05, 4.69) is 193 Å². The van der Waals surface area contributed by atoms with Crippen LogP contribution in [-0.2, 0) is 0 Å². The minimum atomic E-state index is 0.908. The van der Waals surface area contributed by atoms with Crippen LogP contribution in [0.5, 0.6) is 0 Å². The van der Waals surface area contributed by atoms with E-state index in [4.69, 9.17) is 4.42 Å². The number of rotatable bonds is 6. The lowest BCUT2D eigenvalue weighted by atomic mass is 9.99. The Bertz CT molecular complexity index is 3220. The topological polar surface area (TPSA) is 16.4 Å². The molecule has 0 bridgehead atoms. The van der Waals surface area contributed by atoms with Gasteiger partial charge >= 0.3 is 0 Å². The minimum absolute atomic E-state index is 0.908. The molecule has 0 radical (unpaired) electrons. The Balaban J connectivity index is 1.04. The summed E-state index contributed by atoms with van der Waals surface area (Å²) in [5.41, 5.74) is 12.3. The summed E-state index contributed by atoms with van der Waals surface area (Å²) in [6.07, 6.45) is 0. The molecule has 2 nitrogen and oxygen atoms in total. The van der Waals surface area contributed by atoms with Crippen molar-refractivity contribution in [2.75, 3.05) is 4.90 Å². The highest BCUT2D eigenvalue weighted by atomic mass is 32.1. The van der Waals surface area contributed by atoms with E-state index in [1.807, 2.05) is 23.5 Å². The highest BCUT2D eigenvalue weighted by molar-refractivity contribution is 7.26. The number of hydrogen-bond donors (Lipinski definition) is 0. The van der Waals surface area contributed by atoms with Crippen molar-refractivity contribution in [3.05, 3.63) is 200 Å². The average molecular weight is 720 g/mol. The number of hydrogen-bond acceptors (Lipinski definition) is 3. The predicted octanol–water partition coefficient (Wildman–Crippen LogP) is 15.6. The lowest BCUT2D eigenvalue weighted by molar-refractivity contribution is 0.669. The first kappa shape index (κ1) is 31.6. The molecule has 9 aromatic carbocycles. The predicted molar refractivity (Wildman–Crippen MR) is 235 cm³/mol. The molecule has 258 valence electrons. The van der Waals surface area contributed by atoms with Gasteiger partial charge in [-0.25, -0.2) is 0 Å². The molecule has 0 aliphatic carbocycles. The molecule has 0 spiro atoms. The molecule has 2 aromatic heterocycles. The number of anilines is 3. The monoisotopic (exact) mass is 719 g/mol. The van der Waals surface area contributed by atoms with Crippen LogP contribution in [0.4, 0.5) is 17.1 Å². The van der Waals surface area contributed by atoms with E-state index in [-0.39, 0.29) is 0 Å². The first-order valence-electron chi connectivity index (χ1n) is 18.7. The van der Waals surface area contributed by atoms with Crippen LogP contribution >= 0.6 is 11.3 Å². The Morgan fingerprint density at radius 3 is 1.84 bits per heavy atom. The molecule has 3 heteroatoms. The quantitative estimate of drug-likeness (QED) is 0.170. The van der Waals surface area contributed by atoms with E-state index >= 15 is 0 Å². The third-order valence-electron chi connectivity index (χ3n) is 10.8. The highest BCUT2D eigenvalue weighted by Gasteiger charge is 2.17. The second-order valence-corrected chi connectivity index (χ2v) is 15.2. The zero-order chi connectivity index (χ0) is 36.3. The van der Waals surface area contributed by atoms with Crippen LogP contribution in [0.1, 0.15) is 0 Å². The molecule has 0 atom stereocenters. The van der Waals surface area contributed by atoms with Crippen LogP contribution in [0.25, 0.3) is 86.3 Å². The summed E-state index contributed by atoms with van der Waals surface area (Å²) < 4.78 is 8.76. The average Bonchev–Trinajstić information content (AvgIpc) is 3.82. The minimum Gasteiger partial charge on any atom is -0.456 e. The molecule has 0 unspecified atom stereocenters. The van der Waals surface area contributed by atoms with Crippen molar-refractivity contribution in [1.29, 1.82) is 0 Å². The molecule has 0 saturated heterocycles. The van der Waals surface area contributed by atoms with Gasteiger partial charge in [-0.05, 0) is 111 Å². The van der Waals surface area contributed by atoms with Crippen molar-refractivity contribution in [2.45, 2.75) is 0 Å². The molecular weight excluding hydrogens is 687 g/mol. The van der Waals surface area contributed by atoms with Gasteiger partial charge in [-0.15, -0.1) is 11.3 Å². The maximum atomic E-state index is 6.13. The van der Waals surface area contributed by atoms with Gasteiger partial charge in [0.05, 0.1) is 0 Å². The lowest BCUT2D eigenvalue weighted by Crippen LogP contribution is -2.10. The fourth-order valence-corrected chi connectivity index (χ4v) is 9.37. The van der Waals surface area contributed by atoms with E-state index in [0.717, 1.165) is 50.1 Å². The molecule has 0 aliphatic heterocycles. The lowest BCUT2D eigenvalue weighted by Gasteiger charge is -2.27. The molecule has 11 aromatic rings. The molecule has 55 heavy (non-hydrogen) atoms. The van der Waals surface area contributed by atoms with Crippen LogP contribution in [0.2, 0.25) is 0 Å². The highest BCUT2D eigenvalue weighted by Crippen LogP contribution is 2.43. The van der Waals surface area contributed by atoms with Crippen LogP contribution in [0, 0.1) is 0 Å². The molecule has 11 rings (SSSR count). The maximum absolute atomic E-state index is 6.13. The van der Waals surface area contributed by atoms with E-state index < -0.39 is 0 Å². The zero-order valence-electron chi connectivity index (χ0n) is 29.8. The van der Waals surface area contributed by atoms with Crippen molar-refractivity contribution in [3.63, 3.8) is 0 Å². The van der Waals surface area contributed by atoms with Gasteiger partial charge in [0.15, 0.2) is 0 Å². The Labute approximate surface area is 322 Å². The third kappa shape index (κ3) is 5.48. The Morgan fingerprint density at radius 2 is 0.964 bits per heavy atom. The van der Waals surface area contributed by atoms with Gasteiger partial charge in [0.1, 0.15) is 11.2 Å². The van der Waals surface area contributed by atoms with Gasteiger partial charge in [0.2, 0.25) is 0 Å². The van der Waals surface area contributed by atoms with E-state index in [9.17, 15) is 0 Å². The van der Waals surface area contributed by atoms with Crippen molar-refractivity contribution in [1.82, 2.24) is 0 Å². The van der Waals surface area contributed by atoms with Crippen molar-refractivity contribution < 1.29 is 4.42 Å². The van der Waals surface area contributed by atoms with Crippen LogP contribution in [0.3, 0.4) is 0 Å². The van der Waals surface area contributed by atoms with E-state index in [1.54, 1.807) is 0 Å². The number of nitrogens with zero attached hydrogens (tertiary/aromatic N) is 1. The summed E-state index contributed by atoms with van der Waals surface area (Å²) in [6, 6.07) is 72.4. The number of furan rings is 1. The van der Waals surface area contributed by atoms with Gasteiger partial charge in [-0.3, -0.25) is 0 Å². The van der Waals surface area contributed by atoms with E-state index in [0.29, 0.717) is 0 Å². The second-order valence-electron chi connectivity index (χ2n) is 14.1. The van der Waals surface area contributed by atoms with Crippen molar-refractivity contribution >= 4 is 81.3 Å². The Hall–Kier alpha value is -6.94.